The highest BCUT2D eigenvalue weighted by molar-refractivity contribution is 5.74. The maximum absolute atomic E-state index is 7.32. The highest BCUT2D eigenvalue weighted by Gasteiger charge is 2.31. The van der Waals surface area contributed by atoms with Gasteiger partial charge in [-0.1, -0.05) is 0 Å². The molecule has 0 saturated carbocycles. The Hall–Kier alpha value is -0.770. The number of guanidine groups is 1. The molecule has 1 aliphatic heterocycles. The molecule has 0 unspecified atom stereocenters. The number of nitrogens with two attached hydrogens (primary N) is 1. The molecule has 0 aliphatic carbocycles. The van der Waals surface area contributed by atoms with Crippen LogP contribution in [0.15, 0.2) is 0 Å². The molecule has 0 aromatic heterocycles. The van der Waals surface area contributed by atoms with E-state index in [2.05, 4.69) is 25.9 Å². The molecule has 0 radical (unpaired) electrons. The summed E-state index contributed by atoms with van der Waals surface area (Å²) < 4.78 is 0. The van der Waals surface area contributed by atoms with Crippen LogP contribution in [0.3, 0.4) is 0 Å². The van der Waals surface area contributed by atoms with Crippen LogP contribution >= 0.6 is 0 Å². The van der Waals surface area contributed by atoms with E-state index >= 15 is 0 Å². The SMILES string of the molecule is CN(C)C1(C)CCN(C(=N)N)CC1. The van der Waals surface area contributed by atoms with Crippen molar-refractivity contribution in [3.8, 4) is 0 Å². The molecule has 1 aliphatic rings. The molecule has 0 aromatic carbocycles. The number of likely N-dealkylation sites (tertiary alicyclic amines) is 1. The third-order valence-corrected chi connectivity index (χ3v) is 3.26. The minimum atomic E-state index is 0.209. The van der Waals surface area contributed by atoms with E-state index in [0.29, 0.717) is 0 Å². The van der Waals surface area contributed by atoms with Gasteiger partial charge < -0.3 is 15.5 Å². The van der Waals surface area contributed by atoms with E-state index in [1.807, 2.05) is 4.90 Å². The van der Waals surface area contributed by atoms with Gasteiger partial charge in [0.2, 0.25) is 0 Å². The Morgan fingerprint density at radius 1 is 1.38 bits per heavy atom. The van der Waals surface area contributed by atoms with Crippen LogP contribution in [0.1, 0.15) is 19.8 Å². The Morgan fingerprint density at radius 3 is 2.15 bits per heavy atom. The van der Waals surface area contributed by atoms with Crippen LogP contribution in [0.4, 0.5) is 0 Å². The Labute approximate surface area is 80.2 Å². The first kappa shape index (κ1) is 10.3. The van der Waals surface area contributed by atoms with Crippen molar-refractivity contribution in [2.45, 2.75) is 25.3 Å². The zero-order chi connectivity index (χ0) is 10.1. The summed E-state index contributed by atoms with van der Waals surface area (Å²) >= 11 is 0. The van der Waals surface area contributed by atoms with Gasteiger partial charge in [0, 0.05) is 18.6 Å². The van der Waals surface area contributed by atoms with Gasteiger partial charge in [-0.25, -0.2) is 0 Å². The summed E-state index contributed by atoms with van der Waals surface area (Å²) in [6, 6.07) is 0. The molecule has 0 spiro atoms. The molecule has 0 aromatic rings. The second kappa shape index (κ2) is 3.54. The van der Waals surface area contributed by atoms with E-state index in [9.17, 15) is 0 Å². The Morgan fingerprint density at radius 2 is 1.85 bits per heavy atom. The van der Waals surface area contributed by atoms with Crippen molar-refractivity contribution in [3.63, 3.8) is 0 Å². The summed E-state index contributed by atoms with van der Waals surface area (Å²) in [7, 11) is 4.23. The number of nitrogens with zero attached hydrogens (tertiary/aromatic N) is 2. The molecule has 1 rings (SSSR count). The number of hydrogen-bond donors (Lipinski definition) is 2. The van der Waals surface area contributed by atoms with Gasteiger partial charge in [-0.15, -0.1) is 0 Å². The number of hydrogen-bond acceptors (Lipinski definition) is 2. The number of rotatable bonds is 1. The van der Waals surface area contributed by atoms with Crippen LogP contribution in [0, 0.1) is 5.41 Å². The van der Waals surface area contributed by atoms with Crippen molar-refractivity contribution in [3.05, 3.63) is 0 Å². The predicted octanol–water partition coefficient (Wildman–Crippen LogP) is 0.296. The molecular formula is C9H20N4. The van der Waals surface area contributed by atoms with Gasteiger partial charge in [0.25, 0.3) is 0 Å². The second-order valence-electron chi connectivity index (χ2n) is 4.26. The normalized spacial score (nSPS) is 22.0. The predicted molar refractivity (Wildman–Crippen MR) is 54.8 cm³/mol. The van der Waals surface area contributed by atoms with Crippen molar-refractivity contribution < 1.29 is 0 Å². The van der Waals surface area contributed by atoms with E-state index in [1.54, 1.807) is 0 Å². The molecule has 1 fully saturated rings. The maximum atomic E-state index is 7.32. The van der Waals surface area contributed by atoms with Crippen molar-refractivity contribution >= 4 is 5.96 Å². The first-order valence-electron chi connectivity index (χ1n) is 4.72. The van der Waals surface area contributed by atoms with E-state index in [1.165, 1.54) is 0 Å². The van der Waals surface area contributed by atoms with Crippen LogP contribution in [-0.4, -0.2) is 48.5 Å². The lowest BCUT2D eigenvalue weighted by molar-refractivity contribution is 0.0972. The highest BCUT2D eigenvalue weighted by Crippen LogP contribution is 2.25. The van der Waals surface area contributed by atoms with Gasteiger partial charge in [-0.05, 0) is 33.9 Å². The maximum Gasteiger partial charge on any atom is 0.188 e. The van der Waals surface area contributed by atoms with Crippen LogP contribution < -0.4 is 5.73 Å². The summed E-state index contributed by atoms with van der Waals surface area (Å²) in [5.74, 6) is 0.209. The van der Waals surface area contributed by atoms with Gasteiger partial charge in [-0.2, -0.15) is 0 Å². The summed E-state index contributed by atoms with van der Waals surface area (Å²) in [5.41, 5.74) is 5.71. The zero-order valence-corrected chi connectivity index (χ0v) is 8.80. The summed E-state index contributed by atoms with van der Waals surface area (Å²) in [6.07, 6.45) is 2.17. The van der Waals surface area contributed by atoms with Crippen molar-refractivity contribution in [1.29, 1.82) is 5.41 Å². The van der Waals surface area contributed by atoms with Gasteiger partial charge in [-0.3, -0.25) is 5.41 Å². The molecule has 3 N–H and O–H groups in total. The monoisotopic (exact) mass is 184 g/mol. The lowest BCUT2D eigenvalue weighted by Gasteiger charge is -2.43. The molecule has 0 atom stereocenters. The Kier molecular flexibility index (Phi) is 2.81. The van der Waals surface area contributed by atoms with Gasteiger partial charge in [0.1, 0.15) is 0 Å². The number of piperidine rings is 1. The first-order valence-corrected chi connectivity index (χ1v) is 4.72. The fourth-order valence-electron chi connectivity index (χ4n) is 1.68. The highest BCUT2D eigenvalue weighted by atomic mass is 15.3. The van der Waals surface area contributed by atoms with Crippen molar-refractivity contribution in [1.82, 2.24) is 9.80 Å². The number of nitrogens with one attached hydrogen (secondary N) is 1. The molecule has 13 heavy (non-hydrogen) atoms. The minimum Gasteiger partial charge on any atom is -0.370 e. The third kappa shape index (κ3) is 2.12. The largest absolute Gasteiger partial charge is 0.370 e. The Bertz CT molecular complexity index is 192. The Balaban J connectivity index is 2.51. The van der Waals surface area contributed by atoms with Crippen LogP contribution in [-0.2, 0) is 0 Å². The van der Waals surface area contributed by atoms with Gasteiger partial charge in [0.05, 0.1) is 0 Å². The van der Waals surface area contributed by atoms with E-state index in [-0.39, 0.29) is 11.5 Å². The lowest BCUT2D eigenvalue weighted by Crippen LogP contribution is -2.53. The fourth-order valence-corrected chi connectivity index (χ4v) is 1.68. The minimum absolute atomic E-state index is 0.209. The smallest absolute Gasteiger partial charge is 0.188 e. The molecule has 4 nitrogen and oxygen atoms in total. The average Bonchev–Trinajstić information content (AvgIpc) is 2.04. The lowest BCUT2D eigenvalue weighted by atomic mass is 9.88. The van der Waals surface area contributed by atoms with E-state index in [4.69, 9.17) is 11.1 Å². The van der Waals surface area contributed by atoms with Gasteiger partial charge in [0.15, 0.2) is 5.96 Å². The second-order valence-corrected chi connectivity index (χ2v) is 4.26. The third-order valence-electron chi connectivity index (χ3n) is 3.26. The van der Waals surface area contributed by atoms with Crippen LogP contribution in [0.5, 0.6) is 0 Å². The standard InChI is InChI=1S/C9H20N4/c1-9(12(2)3)4-6-13(7-5-9)8(10)11/h4-7H2,1-3H3,(H3,10,11). The average molecular weight is 184 g/mol. The van der Waals surface area contributed by atoms with Crippen LogP contribution in [0.25, 0.3) is 0 Å². The molecule has 0 bridgehead atoms. The molecule has 1 saturated heterocycles. The van der Waals surface area contributed by atoms with Crippen molar-refractivity contribution in [2.24, 2.45) is 5.73 Å². The van der Waals surface area contributed by atoms with Crippen molar-refractivity contribution in [2.75, 3.05) is 27.2 Å². The van der Waals surface area contributed by atoms with Gasteiger partial charge >= 0.3 is 0 Å². The topological polar surface area (TPSA) is 56.4 Å². The van der Waals surface area contributed by atoms with E-state index in [0.717, 1.165) is 25.9 Å². The molecule has 76 valence electrons. The summed E-state index contributed by atoms with van der Waals surface area (Å²) in [5, 5.41) is 7.32. The first-order chi connectivity index (χ1) is 5.96. The molecule has 1 heterocycles. The quantitative estimate of drug-likeness (QED) is 0.455. The summed E-state index contributed by atoms with van der Waals surface area (Å²) in [6.45, 7) is 4.08. The van der Waals surface area contributed by atoms with Crippen LogP contribution in [0.2, 0.25) is 0 Å². The molecule has 4 heteroatoms. The molecule has 0 amide bonds. The molecular weight excluding hydrogens is 164 g/mol. The summed E-state index contributed by atoms with van der Waals surface area (Å²) in [4.78, 5) is 4.20. The fraction of sp³-hybridized carbons (Fsp3) is 0.889. The zero-order valence-electron chi connectivity index (χ0n) is 8.80. The van der Waals surface area contributed by atoms with E-state index < -0.39 is 0 Å².